The Bertz CT molecular complexity index is 1000. The lowest BCUT2D eigenvalue weighted by Crippen LogP contribution is -2.46. The minimum atomic E-state index is -0.815. The molecule has 2 aromatic carbocycles. The van der Waals surface area contributed by atoms with Crippen LogP contribution in [0.2, 0.25) is 0 Å². The van der Waals surface area contributed by atoms with Crippen LogP contribution in [0.1, 0.15) is 26.2 Å². The molecular formula is C21H18N2O4S. The first-order valence-electron chi connectivity index (χ1n) is 8.78. The number of carbonyl (C=O) groups excluding carboxylic acids is 2. The minimum Gasteiger partial charge on any atom is -0.489 e. The van der Waals surface area contributed by atoms with Crippen LogP contribution in [0.3, 0.4) is 0 Å². The summed E-state index contributed by atoms with van der Waals surface area (Å²) in [5.41, 5.74) is 1.33. The van der Waals surface area contributed by atoms with E-state index in [1.54, 1.807) is 30.3 Å². The lowest BCUT2D eigenvalue weighted by molar-refractivity contribution is -0.118. The van der Waals surface area contributed by atoms with Crippen LogP contribution in [0.5, 0.6) is 5.75 Å². The smallest absolute Gasteiger partial charge is 0.262 e. The number of hydrogen-bond donors (Lipinski definition) is 3. The molecule has 0 bridgehead atoms. The molecule has 4 rings (SSSR count). The Morgan fingerprint density at radius 1 is 1.11 bits per heavy atom. The lowest BCUT2D eigenvalue weighted by atomic mass is 10.1. The Kier molecular flexibility index (Phi) is 5.10. The van der Waals surface area contributed by atoms with E-state index in [9.17, 15) is 14.7 Å². The number of fused-ring (bicyclic) bond motifs is 1. The highest BCUT2D eigenvalue weighted by Crippen LogP contribution is 2.29. The number of benzene rings is 2. The average Bonchev–Trinajstić information content (AvgIpc) is 3.16. The summed E-state index contributed by atoms with van der Waals surface area (Å²) in [6.45, 7) is 0.0411. The van der Waals surface area contributed by atoms with Gasteiger partial charge in [-0.2, -0.15) is 0 Å². The molecule has 142 valence electrons. The number of ether oxygens (including phenoxy) is 1. The van der Waals surface area contributed by atoms with E-state index >= 15 is 0 Å². The summed E-state index contributed by atoms with van der Waals surface area (Å²) in [6.07, 6.45) is -0.799. The van der Waals surface area contributed by atoms with Crippen LogP contribution < -0.4 is 15.4 Å². The van der Waals surface area contributed by atoms with Crippen molar-refractivity contribution in [2.75, 3.05) is 11.9 Å². The van der Waals surface area contributed by atoms with Gasteiger partial charge < -0.3 is 20.5 Å². The van der Waals surface area contributed by atoms with Crippen molar-refractivity contribution in [2.24, 2.45) is 0 Å². The molecule has 0 fully saturated rings. The van der Waals surface area contributed by atoms with E-state index in [4.69, 9.17) is 4.74 Å². The SMILES string of the molecule is O=C(N[C@@H]1COc2ccccc2NC1=O)c1ccc(C(O)c2ccccc2)s1. The second-order valence-corrected chi connectivity index (χ2v) is 7.45. The number of thiophene rings is 1. The first kappa shape index (κ1) is 18.2. The van der Waals surface area contributed by atoms with Crippen molar-refractivity contribution >= 4 is 28.8 Å². The van der Waals surface area contributed by atoms with E-state index in [0.29, 0.717) is 21.2 Å². The maximum atomic E-state index is 12.6. The largest absolute Gasteiger partial charge is 0.489 e. The van der Waals surface area contributed by atoms with Crippen LogP contribution in [-0.4, -0.2) is 29.6 Å². The molecule has 6 nitrogen and oxygen atoms in total. The van der Waals surface area contributed by atoms with Crippen molar-refractivity contribution in [1.29, 1.82) is 0 Å². The molecule has 7 heteroatoms. The quantitative estimate of drug-likeness (QED) is 0.635. The van der Waals surface area contributed by atoms with E-state index in [2.05, 4.69) is 10.6 Å². The van der Waals surface area contributed by atoms with Gasteiger partial charge in [-0.25, -0.2) is 0 Å². The minimum absolute atomic E-state index is 0.0411. The molecule has 0 saturated heterocycles. The maximum absolute atomic E-state index is 12.6. The van der Waals surface area contributed by atoms with E-state index in [0.717, 1.165) is 5.56 Å². The second kappa shape index (κ2) is 7.84. The predicted molar refractivity (Wildman–Crippen MR) is 107 cm³/mol. The Morgan fingerprint density at radius 3 is 2.68 bits per heavy atom. The third kappa shape index (κ3) is 3.76. The monoisotopic (exact) mass is 394 g/mol. The highest BCUT2D eigenvalue weighted by Gasteiger charge is 2.27. The number of nitrogens with one attached hydrogen (secondary N) is 2. The zero-order chi connectivity index (χ0) is 19.5. The van der Waals surface area contributed by atoms with Crippen LogP contribution in [0, 0.1) is 0 Å². The fraction of sp³-hybridized carbons (Fsp3) is 0.143. The van der Waals surface area contributed by atoms with Crippen molar-refractivity contribution in [3.63, 3.8) is 0 Å². The molecule has 1 unspecified atom stereocenters. The first-order chi connectivity index (χ1) is 13.6. The van der Waals surface area contributed by atoms with Gasteiger partial charge >= 0.3 is 0 Å². The molecule has 1 aliphatic heterocycles. The molecular weight excluding hydrogens is 376 g/mol. The van der Waals surface area contributed by atoms with Crippen molar-refractivity contribution in [2.45, 2.75) is 12.1 Å². The number of carbonyl (C=O) groups is 2. The van der Waals surface area contributed by atoms with Gasteiger partial charge in [-0.15, -0.1) is 11.3 Å². The lowest BCUT2D eigenvalue weighted by Gasteiger charge is -2.14. The number of aliphatic hydroxyl groups excluding tert-OH is 1. The van der Waals surface area contributed by atoms with Crippen LogP contribution in [0.4, 0.5) is 5.69 Å². The van der Waals surface area contributed by atoms with Crippen LogP contribution >= 0.6 is 11.3 Å². The van der Waals surface area contributed by atoms with Crippen LogP contribution in [-0.2, 0) is 4.79 Å². The van der Waals surface area contributed by atoms with Gasteiger partial charge in [0.15, 0.2) is 0 Å². The summed E-state index contributed by atoms with van der Waals surface area (Å²) in [5, 5.41) is 15.9. The molecule has 28 heavy (non-hydrogen) atoms. The number of hydrogen-bond acceptors (Lipinski definition) is 5. The molecule has 3 N–H and O–H groups in total. The number of amides is 2. The third-order valence-corrected chi connectivity index (χ3v) is 5.54. The summed E-state index contributed by atoms with van der Waals surface area (Å²) in [7, 11) is 0. The molecule has 2 heterocycles. The molecule has 1 aromatic heterocycles. The van der Waals surface area contributed by atoms with Crippen molar-refractivity contribution in [3.8, 4) is 5.75 Å². The highest BCUT2D eigenvalue weighted by atomic mass is 32.1. The number of para-hydroxylation sites is 2. The zero-order valence-electron chi connectivity index (χ0n) is 14.8. The first-order valence-corrected chi connectivity index (χ1v) is 9.60. The summed E-state index contributed by atoms with van der Waals surface area (Å²) in [4.78, 5) is 26.1. The number of anilines is 1. The standard InChI is InChI=1S/C21H18N2O4S/c24-19(13-6-2-1-3-7-13)17-10-11-18(28-17)21(26)23-15-12-27-16-9-5-4-8-14(16)22-20(15)25/h1-11,15,19,24H,12H2,(H,22,25)(H,23,26)/t15-,19?/m1/s1. The molecule has 0 radical (unpaired) electrons. The van der Waals surface area contributed by atoms with Crippen molar-refractivity contribution in [3.05, 3.63) is 82.0 Å². The van der Waals surface area contributed by atoms with E-state index in [-0.39, 0.29) is 18.4 Å². The summed E-state index contributed by atoms with van der Waals surface area (Å²) in [5.74, 6) is -0.150. The molecule has 0 spiro atoms. The van der Waals surface area contributed by atoms with E-state index in [1.807, 2.05) is 36.4 Å². The van der Waals surface area contributed by atoms with E-state index < -0.39 is 12.1 Å². The Labute approximate surface area is 165 Å². The van der Waals surface area contributed by atoms with Gasteiger partial charge in [-0.1, -0.05) is 42.5 Å². The summed E-state index contributed by atoms with van der Waals surface area (Å²) >= 11 is 1.19. The van der Waals surface area contributed by atoms with Gasteiger partial charge in [0.05, 0.1) is 10.6 Å². The molecule has 2 amide bonds. The molecule has 3 aromatic rings. The number of rotatable bonds is 4. The van der Waals surface area contributed by atoms with Crippen molar-refractivity contribution in [1.82, 2.24) is 5.32 Å². The topological polar surface area (TPSA) is 87.7 Å². The van der Waals surface area contributed by atoms with Crippen LogP contribution in [0.15, 0.2) is 66.7 Å². The van der Waals surface area contributed by atoms with Crippen LogP contribution in [0.25, 0.3) is 0 Å². The van der Waals surface area contributed by atoms with Gasteiger partial charge in [-0.05, 0) is 29.8 Å². The molecule has 0 aliphatic carbocycles. The Hall–Kier alpha value is -3.16. The van der Waals surface area contributed by atoms with E-state index in [1.165, 1.54) is 11.3 Å². The normalized spacial score (nSPS) is 16.9. The van der Waals surface area contributed by atoms with Gasteiger partial charge in [-0.3, -0.25) is 9.59 Å². The Balaban J connectivity index is 1.45. The van der Waals surface area contributed by atoms with Gasteiger partial charge in [0.1, 0.15) is 24.5 Å². The zero-order valence-corrected chi connectivity index (χ0v) is 15.6. The molecule has 1 aliphatic rings. The average molecular weight is 394 g/mol. The summed E-state index contributed by atoms with van der Waals surface area (Å²) in [6, 6.07) is 18.9. The summed E-state index contributed by atoms with van der Waals surface area (Å²) < 4.78 is 5.63. The highest BCUT2D eigenvalue weighted by molar-refractivity contribution is 7.14. The predicted octanol–water partition coefficient (Wildman–Crippen LogP) is 2.96. The number of aliphatic hydroxyl groups is 1. The van der Waals surface area contributed by atoms with Gasteiger partial charge in [0.2, 0.25) is 0 Å². The third-order valence-electron chi connectivity index (χ3n) is 4.41. The second-order valence-electron chi connectivity index (χ2n) is 6.34. The fourth-order valence-electron chi connectivity index (χ4n) is 2.92. The van der Waals surface area contributed by atoms with Gasteiger partial charge in [0.25, 0.3) is 11.8 Å². The molecule has 0 saturated carbocycles. The molecule has 2 atom stereocenters. The van der Waals surface area contributed by atoms with Gasteiger partial charge in [0, 0.05) is 4.88 Å². The maximum Gasteiger partial charge on any atom is 0.262 e. The van der Waals surface area contributed by atoms with Crippen molar-refractivity contribution < 1.29 is 19.4 Å². The Morgan fingerprint density at radius 2 is 1.86 bits per heavy atom. The fourth-order valence-corrected chi connectivity index (χ4v) is 3.85.